The van der Waals surface area contributed by atoms with Gasteiger partial charge in [0.25, 0.3) is 0 Å². The van der Waals surface area contributed by atoms with Crippen molar-refractivity contribution < 1.29 is 13.2 Å². The summed E-state index contributed by atoms with van der Waals surface area (Å²) in [7, 11) is 0. The number of pyridine rings is 1. The van der Waals surface area contributed by atoms with Gasteiger partial charge in [0.2, 0.25) is 0 Å². The third kappa shape index (κ3) is 2.05. The SMILES string of the molecule is CCc1nc(C)c(C(F)(F)F)cc1C. The third-order valence-electron chi connectivity index (χ3n) is 2.15. The van der Waals surface area contributed by atoms with Crippen molar-refractivity contribution in [2.24, 2.45) is 0 Å². The number of aryl methyl sites for hydroxylation is 3. The largest absolute Gasteiger partial charge is 0.418 e. The Kier molecular flexibility index (Phi) is 2.83. The molecule has 0 amide bonds. The number of alkyl halides is 3. The summed E-state index contributed by atoms with van der Waals surface area (Å²) in [5.41, 5.74) is 0.757. The van der Waals surface area contributed by atoms with Gasteiger partial charge >= 0.3 is 6.18 Å². The van der Waals surface area contributed by atoms with Crippen LogP contribution in [0.4, 0.5) is 13.2 Å². The second kappa shape index (κ2) is 3.59. The van der Waals surface area contributed by atoms with E-state index in [4.69, 9.17) is 0 Å². The summed E-state index contributed by atoms with van der Waals surface area (Å²) in [4.78, 5) is 3.94. The molecule has 0 saturated carbocycles. The highest BCUT2D eigenvalue weighted by Gasteiger charge is 2.33. The molecule has 0 radical (unpaired) electrons. The first-order chi connectivity index (χ1) is 6.36. The van der Waals surface area contributed by atoms with Crippen molar-refractivity contribution in [1.82, 2.24) is 4.98 Å². The minimum Gasteiger partial charge on any atom is -0.257 e. The van der Waals surface area contributed by atoms with Crippen LogP contribution in [0.3, 0.4) is 0 Å². The molecule has 0 aromatic carbocycles. The maximum atomic E-state index is 12.4. The van der Waals surface area contributed by atoms with E-state index in [-0.39, 0.29) is 5.69 Å². The molecule has 0 spiro atoms. The molecule has 78 valence electrons. The van der Waals surface area contributed by atoms with E-state index in [9.17, 15) is 13.2 Å². The molecular weight excluding hydrogens is 191 g/mol. The minimum atomic E-state index is -4.30. The van der Waals surface area contributed by atoms with Crippen LogP contribution in [0.25, 0.3) is 0 Å². The minimum absolute atomic E-state index is 0.0555. The zero-order valence-corrected chi connectivity index (χ0v) is 8.37. The van der Waals surface area contributed by atoms with Crippen molar-refractivity contribution in [1.29, 1.82) is 0 Å². The molecule has 1 aromatic heterocycles. The second-order valence-corrected chi connectivity index (χ2v) is 3.24. The number of hydrogen-bond donors (Lipinski definition) is 0. The first-order valence-corrected chi connectivity index (χ1v) is 4.40. The van der Waals surface area contributed by atoms with E-state index in [1.165, 1.54) is 13.0 Å². The number of aromatic nitrogens is 1. The Morgan fingerprint density at radius 1 is 1.29 bits per heavy atom. The molecule has 0 aliphatic heterocycles. The van der Waals surface area contributed by atoms with E-state index < -0.39 is 11.7 Å². The fourth-order valence-corrected chi connectivity index (χ4v) is 1.40. The first-order valence-electron chi connectivity index (χ1n) is 4.40. The van der Waals surface area contributed by atoms with E-state index >= 15 is 0 Å². The van der Waals surface area contributed by atoms with Gasteiger partial charge in [0.05, 0.1) is 5.56 Å². The standard InChI is InChI=1S/C10H12F3N/c1-4-9-6(2)5-8(7(3)14-9)10(11,12)13/h5H,4H2,1-3H3. The number of rotatable bonds is 1. The van der Waals surface area contributed by atoms with Crippen molar-refractivity contribution in [3.05, 3.63) is 28.6 Å². The van der Waals surface area contributed by atoms with Gasteiger partial charge in [-0.05, 0) is 31.9 Å². The number of hydrogen-bond acceptors (Lipinski definition) is 1. The van der Waals surface area contributed by atoms with E-state index in [0.29, 0.717) is 12.0 Å². The predicted molar refractivity (Wildman–Crippen MR) is 48.1 cm³/mol. The van der Waals surface area contributed by atoms with E-state index in [1.807, 2.05) is 6.92 Å². The zero-order chi connectivity index (χ0) is 10.9. The molecule has 14 heavy (non-hydrogen) atoms. The molecule has 0 bridgehead atoms. The van der Waals surface area contributed by atoms with E-state index in [1.54, 1.807) is 6.92 Å². The van der Waals surface area contributed by atoms with Crippen molar-refractivity contribution in [3.63, 3.8) is 0 Å². The quantitative estimate of drug-likeness (QED) is 0.682. The highest BCUT2D eigenvalue weighted by molar-refractivity contribution is 5.31. The molecule has 1 heterocycles. The molecular formula is C10H12F3N. The van der Waals surface area contributed by atoms with Crippen LogP contribution in [0, 0.1) is 13.8 Å². The van der Waals surface area contributed by atoms with Crippen molar-refractivity contribution in [2.45, 2.75) is 33.4 Å². The molecule has 0 saturated heterocycles. The van der Waals surface area contributed by atoms with Crippen LogP contribution in [-0.4, -0.2) is 4.98 Å². The highest BCUT2D eigenvalue weighted by atomic mass is 19.4. The van der Waals surface area contributed by atoms with Crippen LogP contribution in [0.5, 0.6) is 0 Å². The maximum absolute atomic E-state index is 12.4. The molecule has 1 aromatic rings. The summed E-state index contributed by atoms with van der Waals surface area (Å²) in [6.45, 7) is 4.92. The summed E-state index contributed by atoms with van der Waals surface area (Å²) < 4.78 is 37.3. The molecule has 0 aliphatic carbocycles. The Morgan fingerprint density at radius 2 is 1.86 bits per heavy atom. The van der Waals surface area contributed by atoms with E-state index in [0.717, 1.165) is 5.69 Å². The molecule has 0 N–H and O–H groups in total. The molecule has 0 atom stereocenters. The van der Waals surface area contributed by atoms with Crippen molar-refractivity contribution in [2.75, 3.05) is 0 Å². The summed E-state index contributed by atoms with van der Waals surface area (Å²) >= 11 is 0. The molecule has 0 fully saturated rings. The fourth-order valence-electron chi connectivity index (χ4n) is 1.40. The third-order valence-corrected chi connectivity index (χ3v) is 2.15. The van der Waals surface area contributed by atoms with E-state index in [2.05, 4.69) is 4.98 Å². The Hall–Kier alpha value is -1.06. The van der Waals surface area contributed by atoms with Crippen LogP contribution in [-0.2, 0) is 12.6 Å². The Labute approximate surface area is 81.0 Å². The molecule has 1 rings (SSSR count). The molecule has 4 heteroatoms. The lowest BCUT2D eigenvalue weighted by Crippen LogP contribution is -2.11. The van der Waals surface area contributed by atoms with Crippen LogP contribution in [0.2, 0.25) is 0 Å². The monoisotopic (exact) mass is 203 g/mol. The zero-order valence-electron chi connectivity index (χ0n) is 8.37. The fraction of sp³-hybridized carbons (Fsp3) is 0.500. The second-order valence-electron chi connectivity index (χ2n) is 3.24. The summed E-state index contributed by atoms with van der Waals surface area (Å²) in [5, 5.41) is 0. The van der Waals surface area contributed by atoms with Crippen LogP contribution in [0.1, 0.15) is 29.4 Å². The molecule has 0 unspecified atom stereocenters. The number of nitrogens with zero attached hydrogens (tertiary/aromatic N) is 1. The van der Waals surface area contributed by atoms with Gasteiger partial charge in [-0.2, -0.15) is 13.2 Å². The van der Waals surface area contributed by atoms with Gasteiger partial charge in [-0.25, -0.2) is 0 Å². The van der Waals surface area contributed by atoms with Crippen molar-refractivity contribution in [3.8, 4) is 0 Å². The van der Waals surface area contributed by atoms with Gasteiger partial charge in [-0.1, -0.05) is 6.92 Å². The van der Waals surface area contributed by atoms with Gasteiger partial charge in [0, 0.05) is 11.4 Å². The lowest BCUT2D eigenvalue weighted by molar-refractivity contribution is -0.138. The topological polar surface area (TPSA) is 12.9 Å². The predicted octanol–water partition coefficient (Wildman–Crippen LogP) is 3.28. The van der Waals surface area contributed by atoms with Gasteiger partial charge in [0.1, 0.15) is 0 Å². The summed E-state index contributed by atoms with van der Waals surface area (Å²) in [6.07, 6.45) is -3.64. The van der Waals surface area contributed by atoms with Gasteiger partial charge < -0.3 is 0 Å². The average molecular weight is 203 g/mol. The molecule has 1 nitrogen and oxygen atoms in total. The first kappa shape index (κ1) is 11.0. The Balaban J connectivity index is 3.29. The lowest BCUT2D eigenvalue weighted by Gasteiger charge is -2.12. The van der Waals surface area contributed by atoms with Crippen LogP contribution >= 0.6 is 0 Å². The number of halogens is 3. The normalized spacial score (nSPS) is 11.9. The smallest absolute Gasteiger partial charge is 0.257 e. The Morgan fingerprint density at radius 3 is 2.29 bits per heavy atom. The summed E-state index contributed by atoms with van der Waals surface area (Å²) in [6, 6.07) is 1.17. The van der Waals surface area contributed by atoms with Gasteiger partial charge in [0.15, 0.2) is 0 Å². The molecule has 0 aliphatic rings. The van der Waals surface area contributed by atoms with Gasteiger partial charge in [-0.15, -0.1) is 0 Å². The maximum Gasteiger partial charge on any atom is 0.418 e. The average Bonchev–Trinajstić information content (AvgIpc) is 2.06. The van der Waals surface area contributed by atoms with Crippen LogP contribution < -0.4 is 0 Å². The van der Waals surface area contributed by atoms with Gasteiger partial charge in [-0.3, -0.25) is 4.98 Å². The highest BCUT2D eigenvalue weighted by Crippen LogP contribution is 2.32. The summed E-state index contributed by atoms with van der Waals surface area (Å²) in [5.74, 6) is 0. The Bertz CT molecular complexity index is 342. The van der Waals surface area contributed by atoms with Crippen LogP contribution in [0.15, 0.2) is 6.07 Å². The lowest BCUT2D eigenvalue weighted by atomic mass is 10.1. The van der Waals surface area contributed by atoms with Crippen molar-refractivity contribution >= 4 is 0 Å².